The second-order valence-electron chi connectivity index (χ2n) is 6.16. The second kappa shape index (κ2) is 8.31. The summed E-state index contributed by atoms with van der Waals surface area (Å²) in [5.74, 6) is 1.15. The second-order valence-corrected chi connectivity index (χ2v) is 6.16. The van der Waals surface area contributed by atoms with Crippen LogP contribution in [0.2, 0.25) is 0 Å². The number of rotatable bonds is 6. The van der Waals surface area contributed by atoms with Crippen molar-refractivity contribution in [2.45, 2.75) is 64.2 Å². The van der Waals surface area contributed by atoms with E-state index < -0.39 is 6.43 Å². The van der Waals surface area contributed by atoms with Gasteiger partial charge in [-0.15, -0.1) is 0 Å². The highest BCUT2D eigenvalue weighted by Crippen LogP contribution is 2.36. The van der Waals surface area contributed by atoms with Gasteiger partial charge in [0.2, 0.25) is 6.43 Å². The summed E-state index contributed by atoms with van der Waals surface area (Å²) in [4.78, 5) is 0. The van der Waals surface area contributed by atoms with Crippen LogP contribution in [0, 0.1) is 5.92 Å². The molecule has 0 aliphatic heterocycles. The van der Waals surface area contributed by atoms with Crippen LogP contribution in [0.25, 0.3) is 0 Å². The van der Waals surface area contributed by atoms with Gasteiger partial charge in [-0.25, -0.2) is 8.78 Å². The molecule has 0 bridgehead atoms. The Morgan fingerprint density at radius 1 is 1.10 bits per heavy atom. The molecule has 0 N–H and O–H groups in total. The van der Waals surface area contributed by atoms with Crippen molar-refractivity contribution in [1.82, 2.24) is 0 Å². The third kappa shape index (κ3) is 5.26. The van der Waals surface area contributed by atoms with Crippen molar-refractivity contribution in [3.63, 3.8) is 0 Å². The van der Waals surface area contributed by atoms with Gasteiger partial charge in [-0.2, -0.15) is 0 Å². The van der Waals surface area contributed by atoms with E-state index in [1.165, 1.54) is 30.4 Å². The van der Waals surface area contributed by atoms with Crippen molar-refractivity contribution in [3.05, 3.63) is 47.5 Å². The lowest BCUT2D eigenvalue weighted by Crippen LogP contribution is -2.11. The first kappa shape index (κ1) is 16.2. The lowest BCUT2D eigenvalue weighted by atomic mass is 9.78. The largest absolute Gasteiger partial charge is 0.242 e. The molecular formula is C19H26F2. The SMILES string of the molecule is CCCc1ccc(C2CCC(/C=C/CC(F)F)CC2)cc1. The van der Waals surface area contributed by atoms with E-state index >= 15 is 0 Å². The van der Waals surface area contributed by atoms with E-state index in [9.17, 15) is 8.78 Å². The van der Waals surface area contributed by atoms with E-state index in [0.717, 1.165) is 19.3 Å². The zero-order valence-corrected chi connectivity index (χ0v) is 12.9. The van der Waals surface area contributed by atoms with Gasteiger partial charge in [-0.3, -0.25) is 0 Å². The third-order valence-electron chi connectivity index (χ3n) is 4.48. The zero-order valence-electron chi connectivity index (χ0n) is 12.9. The van der Waals surface area contributed by atoms with Crippen molar-refractivity contribution in [3.8, 4) is 0 Å². The molecule has 0 radical (unpaired) electrons. The van der Waals surface area contributed by atoms with Crippen molar-refractivity contribution < 1.29 is 8.78 Å². The maximum atomic E-state index is 12.1. The van der Waals surface area contributed by atoms with E-state index in [0.29, 0.717) is 11.8 Å². The Balaban J connectivity index is 1.81. The number of aryl methyl sites for hydroxylation is 1. The molecule has 1 aliphatic carbocycles. The number of benzene rings is 1. The number of halogens is 2. The van der Waals surface area contributed by atoms with Gasteiger partial charge in [-0.05, 0) is 55.1 Å². The Labute approximate surface area is 127 Å². The third-order valence-corrected chi connectivity index (χ3v) is 4.48. The smallest absolute Gasteiger partial charge is 0.210 e. The van der Waals surface area contributed by atoms with Crippen LogP contribution in [0.5, 0.6) is 0 Å². The highest BCUT2D eigenvalue weighted by molar-refractivity contribution is 5.26. The maximum absolute atomic E-state index is 12.1. The molecule has 0 saturated heterocycles. The molecule has 0 spiro atoms. The van der Waals surface area contributed by atoms with Crippen LogP contribution in [0.15, 0.2) is 36.4 Å². The molecule has 2 rings (SSSR count). The lowest BCUT2D eigenvalue weighted by Gasteiger charge is -2.27. The monoisotopic (exact) mass is 292 g/mol. The Morgan fingerprint density at radius 2 is 1.76 bits per heavy atom. The van der Waals surface area contributed by atoms with Crippen molar-refractivity contribution in [1.29, 1.82) is 0 Å². The summed E-state index contributed by atoms with van der Waals surface area (Å²) in [6.07, 6.45) is 8.31. The fourth-order valence-electron chi connectivity index (χ4n) is 3.26. The van der Waals surface area contributed by atoms with E-state index in [-0.39, 0.29) is 6.42 Å². The predicted molar refractivity (Wildman–Crippen MR) is 84.9 cm³/mol. The normalized spacial score (nSPS) is 23.0. The predicted octanol–water partition coefficient (Wildman–Crippen LogP) is 6.12. The number of alkyl halides is 2. The Kier molecular flexibility index (Phi) is 6.41. The molecule has 1 aromatic rings. The van der Waals surface area contributed by atoms with E-state index in [2.05, 4.69) is 31.2 Å². The maximum Gasteiger partial charge on any atom is 0.242 e. The average molecular weight is 292 g/mol. The summed E-state index contributed by atoms with van der Waals surface area (Å²) in [5, 5.41) is 0. The van der Waals surface area contributed by atoms with Gasteiger partial charge in [0.15, 0.2) is 0 Å². The quantitative estimate of drug-likeness (QED) is 0.554. The van der Waals surface area contributed by atoms with Gasteiger partial charge >= 0.3 is 0 Å². The molecule has 116 valence electrons. The van der Waals surface area contributed by atoms with Crippen molar-refractivity contribution in [2.75, 3.05) is 0 Å². The van der Waals surface area contributed by atoms with E-state index in [1.54, 1.807) is 6.08 Å². The first-order valence-corrected chi connectivity index (χ1v) is 8.22. The fourth-order valence-corrected chi connectivity index (χ4v) is 3.26. The molecule has 0 nitrogen and oxygen atoms in total. The topological polar surface area (TPSA) is 0 Å². The molecule has 1 saturated carbocycles. The van der Waals surface area contributed by atoms with Crippen LogP contribution >= 0.6 is 0 Å². The molecule has 2 heteroatoms. The summed E-state index contributed by atoms with van der Waals surface area (Å²) in [6.45, 7) is 2.21. The molecule has 0 atom stereocenters. The van der Waals surface area contributed by atoms with Crippen LogP contribution in [-0.2, 0) is 6.42 Å². The van der Waals surface area contributed by atoms with Crippen molar-refractivity contribution >= 4 is 0 Å². The van der Waals surface area contributed by atoms with Crippen molar-refractivity contribution in [2.24, 2.45) is 5.92 Å². The van der Waals surface area contributed by atoms with Gasteiger partial charge in [0, 0.05) is 6.42 Å². The standard InChI is InChI=1S/C19H26F2/c1-2-4-15-7-11-17(12-8-15)18-13-9-16(10-14-18)5-3-6-19(20)21/h3,5,7-8,11-12,16,18-19H,2,4,6,9-10,13-14H2,1H3/b5-3+. The zero-order chi connectivity index (χ0) is 15.1. The molecule has 1 aromatic carbocycles. The lowest BCUT2D eigenvalue weighted by molar-refractivity contribution is 0.152. The van der Waals surface area contributed by atoms with Gasteiger partial charge in [0.25, 0.3) is 0 Å². The average Bonchev–Trinajstić information content (AvgIpc) is 2.49. The first-order chi connectivity index (χ1) is 10.2. The van der Waals surface area contributed by atoms with Gasteiger partial charge in [0.05, 0.1) is 0 Å². The Hall–Kier alpha value is -1.18. The van der Waals surface area contributed by atoms with Gasteiger partial charge in [0.1, 0.15) is 0 Å². The summed E-state index contributed by atoms with van der Waals surface area (Å²) >= 11 is 0. The van der Waals surface area contributed by atoms with Crippen LogP contribution in [0.1, 0.15) is 62.5 Å². The number of hydrogen-bond donors (Lipinski definition) is 0. The molecule has 0 unspecified atom stereocenters. The minimum atomic E-state index is -2.21. The van der Waals surface area contributed by atoms with Crippen LogP contribution in [0.4, 0.5) is 8.78 Å². The highest BCUT2D eigenvalue weighted by atomic mass is 19.3. The first-order valence-electron chi connectivity index (χ1n) is 8.22. The highest BCUT2D eigenvalue weighted by Gasteiger charge is 2.20. The Bertz CT molecular complexity index is 425. The molecule has 0 aromatic heterocycles. The summed E-state index contributed by atoms with van der Waals surface area (Å²) in [5.41, 5.74) is 2.87. The summed E-state index contributed by atoms with van der Waals surface area (Å²) in [6, 6.07) is 9.08. The van der Waals surface area contributed by atoms with E-state index in [4.69, 9.17) is 0 Å². The molecule has 1 aliphatic rings. The minimum Gasteiger partial charge on any atom is -0.210 e. The molecule has 0 heterocycles. The molecule has 21 heavy (non-hydrogen) atoms. The van der Waals surface area contributed by atoms with Gasteiger partial charge < -0.3 is 0 Å². The van der Waals surface area contributed by atoms with Crippen LogP contribution in [0.3, 0.4) is 0 Å². The fraction of sp³-hybridized carbons (Fsp3) is 0.579. The summed E-state index contributed by atoms with van der Waals surface area (Å²) in [7, 11) is 0. The molecular weight excluding hydrogens is 266 g/mol. The Morgan fingerprint density at radius 3 is 2.33 bits per heavy atom. The van der Waals surface area contributed by atoms with Crippen LogP contribution < -0.4 is 0 Å². The minimum absolute atomic E-state index is 0.0984. The van der Waals surface area contributed by atoms with E-state index in [1.807, 2.05) is 6.08 Å². The number of hydrogen-bond acceptors (Lipinski definition) is 0. The molecule has 0 amide bonds. The molecule has 1 fully saturated rings. The number of allylic oxidation sites excluding steroid dienone is 2. The van der Waals surface area contributed by atoms with Gasteiger partial charge in [-0.1, -0.05) is 49.8 Å². The van der Waals surface area contributed by atoms with Crippen LogP contribution in [-0.4, -0.2) is 6.43 Å². The summed E-state index contributed by atoms with van der Waals surface area (Å²) < 4.78 is 24.2.